The first-order valence-electron chi connectivity index (χ1n) is 6.66. The van der Waals surface area contributed by atoms with Crippen molar-refractivity contribution in [3.8, 4) is 0 Å². The van der Waals surface area contributed by atoms with Crippen LogP contribution in [0.3, 0.4) is 0 Å². The summed E-state index contributed by atoms with van der Waals surface area (Å²) in [6.45, 7) is 2.90. The number of carbonyl (C=O) groups is 2. The van der Waals surface area contributed by atoms with Gasteiger partial charge < -0.3 is 20.6 Å². The summed E-state index contributed by atoms with van der Waals surface area (Å²) in [4.78, 5) is 25.0. The first kappa shape index (κ1) is 16.0. The number of aliphatic hydroxyl groups is 1. The number of nitrogens with one attached hydrogen (secondary N) is 2. The van der Waals surface area contributed by atoms with Gasteiger partial charge in [-0.2, -0.15) is 0 Å². The van der Waals surface area contributed by atoms with Crippen LogP contribution in [-0.2, 0) is 4.79 Å². The summed E-state index contributed by atoms with van der Waals surface area (Å²) >= 11 is 0. The molecule has 0 fully saturated rings. The van der Waals surface area contributed by atoms with Gasteiger partial charge in [0.05, 0.1) is 6.54 Å². The van der Waals surface area contributed by atoms with Crippen LogP contribution in [-0.4, -0.2) is 48.2 Å². The van der Waals surface area contributed by atoms with E-state index in [1.807, 2.05) is 25.1 Å². The highest BCUT2D eigenvalue weighted by Crippen LogP contribution is 2.04. The van der Waals surface area contributed by atoms with Gasteiger partial charge in [-0.1, -0.05) is 18.2 Å². The quantitative estimate of drug-likeness (QED) is 0.697. The Labute approximate surface area is 118 Å². The Morgan fingerprint density at radius 2 is 1.95 bits per heavy atom. The van der Waals surface area contributed by atoms with Gasteiger partial charge in [0.2, 0.25) is 5.91 Å². The lowest BCUT2D eigenvalue weighted by Gasteiger charge is -2.20. The minimum absolute atomic E-state index is 0.0473. The van der Waals surface area contributed by atoms with Crippen LogP contribution in [0.1, 0.15) is 13.3 Å². The number of rotatable bonds is 7. The number of urea groups is 1. The highest BCUT2D eigenvalue weighted by atomic mass is 16.3. The highest BCUT2D eigenvalue weighted by molar-refractivity contribution is 5.92. The standard InChI is InChI=1S/C14H21N3O3/c1-2-17(9-6-10-18)13(19)11-15-14(20)16-12-7-4-3-5-8-12/h3-5,7-8,18H,2,6,9-11H2,1H3,(H2,15,16,20). The molecule has 0 aliphatic rings. The smallest absolute Gasteiger partial charge is 0.319 e. The number of hydrogen-bond donors (Lipinski definition) is 3. The molecule has 110 valence electrons. The number of carbonyl (C=O) groups excluding carboxylic acids is 2. The first-order valence-corrected chi connectivity index (χ1v) is 6.66. The first-order chi connectivity index (χ1) is 9.67. The van der Waals surface area contributed by atoms with E-state index >= 15 is 0 Å². The van der Waals surface area contributed by atoms with Crippen LogP contribution in [0.5, 0.6) is 0 Å². The van der Waals surface area contributed by atoms with E-state index in [4.69, 9.17) is 5.11 Å². The molecule has 0 radical (unpaired) electrons. The zero-order valence-electron chi connectivity index (χ0n) is 11.6. The predicted molar refractivity (Wildman–Crippen MR) is 77.4 cm³/mol. The van der Waals surface area contributed by atoms with Crippen molar-refractivity contribution in [1.29, 1.82) is 0 Å². The molecule has 6 heteroatoms. The van der Waals surface area contributed by atoms with Gasteiger partial charge in [-0.3, -0.25) is 4.79 Å². The van der Waals surface area contributed by atoms with Crippen molar-refractivity contribution >= 4 is 17.6 Å². The molecule has 3 amide bonds. The summed E-state index contributed by atoms with van der Waals surface area (Å²) in [5, 5.41) is 13.9. The maximum absolute atomic E-state index is 11.8. The van der Waals surface area contributed by atoms with Gasteiger partial charge in [0.15, 0.2) is 0 Å². The zero-order valence-corrected chi connectivity index (χ0v) is 11.6. The van der Waals surface area contributed by atoms with Gasteiger partial charge in [-0.05, 0) is 25.5 Å². The van der Waals surface area contributed by atoms with Crippen molar-refractivity contribution in [1.82, 2.24) is 10.2 Å². The maximum atomic E-state index is 11.8. The molecular weight excluding hydrogens is 258 g/mol. The van der Waals surface area contributed by atoms with E-state index in [0.717, 1.165) is 0 Å². The third-order valence-corrected chi connectivity index (χ3v) is 2.75. The molecule has 1 rings (SSSR count). The molecule has 0 bridgehead atoms. The fourth-order valence-corrected chi connectivity index (χ4v) is 1.69. The van der Waals surface area contributed by atoms with E-state index < -0.39 is 6.03 Å². The second-order valence-electron chi connectivity index (χ2n) is 4.22. The molecule has 0 spiro atoms. The lowest BCUT2D eigenvalue weighted by Crippen LogP contribution is -2.42. The average Bonchev–Trinajstić information content (AvgIpc) is 2.47. The van der Waals surface area contributed by atoms with Crippen LogP contribution in [0, 0.1) is 0 Å². The topological polar surface area (TPSA) is 81.7 Å². The third kappa shape index (κ3) is 5.71. The number of anilines is 1. The van der Waals surface area contributed by atoms with Gasteiger partial charge in [0.25, 0.3) is 0 Å². The van der Waals surface area contributed by atoms with Crippen molar-refractivity contribution in [2.45, 2.75) is 13.3 Å². The van der Waals surface area contributed by atoms with Crippen LogP contribution in [0.2, 0.25) is 0 Å². The monoisotopic (exact) mass is 279 g/mol. The lowest BCUT2D eigenvalue weighted by atomic mass is 10.3. The van der Waals surface area contributed by atoms with Crippen LogP contribution < -0.4 is 10.6 Å². The van der Waals surface area contributed by atoms with Crippen LogP contribution >= 0.6 is 0 Å². The Hall–Kier alpha value is -2.08. The number of aliphatic hydroxyl groups excluding tert-OH is 1. The summed E-state index contributed by atoms with van der Waals surface area (Å²) in [5.74, 6) is -0.163. The molecular formula is C14H21N3O3. The molecule has 3 N–H and O–H groups in total. The highest BCUT2D eigenvalue weighted by Gasteiger charge is 2.12. The van der Waals surface area contributed by atoms with Crippen LogP contribution in [0.25, 0.3) is 0 Å². The number of para-hydroxylation sites is 1. The summed E-state index contributed by atoms with van der Waals surface area (Å²) in [5.41, 5.74) is 0.671. The van der Waals surface area contributed by atoms with Gasteiger partial charge >= 0.3 is 6.03 Å². The summed E-state index contributed by atoms with van der Waals surface area (Å²) < 4.78 is 0. The van der Waals surface area contributed by atoms with Crippen LogP contribution in [0.15, 0.2) is 30.3 Å². The van der Waals surface area contributed by atoms with E-state index in [2.05, 4.69) is 10.6 Å². The molecule has 0 aliphatic carbocycles. The normalized spacial score (nSPS) is 9.90. The Morgan fingerprint density at radius 3 is 2.55 bits per heavy atom. The molecule has 0 unspecified atom stereocenters. The van der Waals surface area contributed by atoms with Crippen molar-refractivity contribution in [2.24, 2.45) is 0 Å². The van der Waals surface area contributed by atoms with Crippen molar-refractivity contribution in [3.63, 3.8) is 0 Å². The molecule has 0 aromatic heterocycles. The van der Waals surface area contributed by atoms with Crippen molar-refractivity contribution < 1.29 is 14.7 Å². The Kier molecular flexibility index (Phi) is 7.13. The van der Waals surface area contributed by atoms with E-state index in [1.54, 1.807) is 17.0 Å². The summed E-state index contributed by atoms with van der Waals surface area (Å²) in [7, 11) is 0. The minimum atomic E-state index is -0.414. The van der Waals surface area contributed by atoms with E-state index in [0.29, 0.717) is 25.2 Å². The fraction of sp³-hybridized carbons (Fsp3) is 0.429. The molecule has 6 nitrogen and oxygen atoms in total. The number of amides is 3. The molecule has 0 atom stereocenters. The molecule has 0 aliphatic heterocycles. The molecule has 1 aromatic rings. The van der Waals surface area contributed by atoms with Gasteiger partial charge in [0.1, 0.15) is 0 Å². The summed E-state index contributed by atoms with van der Waals surface area (Å²) in [6.07, 6.45) is 0.537. The van der Waals surface area contributed by atoms with Crippen molar-refractivity contribution in [3.05, 3.63) is 30.3 Å². The lowest BCUT2D eigenvalue weighted by molar-refractivity contribution is -0.130. The Morgan fingerprint density at radius 1 is 1.25 bits per heavy atom. The Balaban J connectivity index is 2.34. The molecule has 0 saturated heterocycles. The molecule has 20 heavy (non-hydrogen) atoms. The number of benzene rings is 1. The molecule has 0 saturated carbocycles. The van der Waals surface area contributed by atoms with Gasteiger partial charge in [-0.25, -0.2) is 4.79 Å². The number of likely N-dealkylation sites (N-methyl/N-ethyl adjacent to an activating group) is 1. The van der Waals surface area contributed by atoms with E-state index in [1.165, 1.54) is 0 Å². The molecule has 0 heterocycles. The Bertz CT molecular complexity index is 423. The maximum Gasteiger partial charge on any atom is 0.319 e. The minimum Gasteiger partial charge on any atom is -0.396 e. The van der Waals surface area contributed by atoms with Crippen molar-refractivity contribution in [2.75, 3.05) is 31.6 Å². The van der Waals surface area contributed by atoms with Gasteiger partial charge in [-0.15, -0.1) is 0 Å². The van der Waals surface area contributed by atoms with E-state index in [-0.39, 0.29) is 19.1 Å². The zero-order chi connectivity index (χ0) is 14.8. The predicted octanol–water partition coefficient (Wildman–Crippen LogP) is 1.04. The SMILES string of the molecule is CCN(CCCO)C(=O)CNC(=O)Nc1ccccc1. The molecule has 1 aromatic carbocycles. The average molecular weight is 279 g/mol. The second kappa shape index (κ2) is 8.92. The number of hydrogen-bond acceptors (Lipinski definition) is 3. The van der Waals surface area contributed by atoms with E-state index in [9.17, 15) is 9.59 Å². The third-order valence-electron chi connectivity index (χ3n) is 2.75. The van der Waals surface area contributed by atoms with Gasteiger partial charge in [0, 0.05) is 25.4 Å². The second-order valence-corrected chi connectivity index (χ2v) is 4.22. The summed E-state index contributed by atoms with van der Waals surface area (Å²) in [6, 6.07) is 8.60. The number of nitrogens with zero attached hydrogens (tertiary/aromatic N) is 1. The largest absolute Gasteiger partial charge is 0.396 e. The fourth-order valence-electron chi connectivity index (χ4n) is 1.69. The van der Waals surface area contributed by atoms with Crippen LogP contribution in [0.4, 0.5) is 10.5 Å².